The third-order valence-corrected chi connectivity index (χ3v) is 1.37. The average Bonchev–Trinajstić information content (AvgIpc) is 2.16. The highest BCUT2D eigenvalue weighted by Gasteiger charge is 2.03. The van der Waals surface area contributed by atoms with Gasteiger partial charge >= 0.3 is 0 Å². The highest BCUT2D eigenvalue weighted by molar-refractivity contribution is 5.02. The van der Waals surface area contributed by atoms with Crippen molar-refractivity contribution in [2.75, 3.05) is 28.4 Å². The molecule has 4 heteroatoms. The molecule has 0 N–H and O–H groups in total. The first-order valence-electron chi connectivity index (χ1n) is 3.80. The first-order valence-corrected chi connectivity index (χ1v) is 3.80. The van der Waals surface area contributed by atoms with Gasteiger partial charge in [-0.25, -0.2) is 0 Å². The zero-order valence-corrected chi connectivity index (χ0v) is 8.49. The molecule has 0 rings (SSSR count). The highest BCUT2D eigenvalue weighted by atomic mass is 16.5. The molecule has 76 valence electrons. The molecule has 0 aliphatic carbocycles. The summed E-state index contributed by atoms with van der Waals surface area (Å²) < 4.78 is 19.7. The van der Waals surface area contributed by atoms with Crippen molar-refractivity contribution in [3.63, 3.8) is 0 Å². The Morgan fingerprint density at radius 1 is 0.846 bits per heavy atom. The second-order valence-corrected chi connectivity index (χ2v) is 2.22. The van der Waals surface area contributed by atoms with E-state index < -0.39 is 0 Å². The molecular weight excluding hydrogens is 172 g/mol. The summed E-state index contributed by atoms with van der Waals surface area (Å²) in [5.74, 6) is 1.35. The van der Waals surface area contributed by atoms with Gasteiger partial charge in [-0.2, -0.15) is 0 Å². The van der Waals surface area contributed by atoms with Gasteiger partial charge in [0.25, 0.3) is 0 Å². The summed E-state index contributed by atoms with van der Waals surface area (Å²) in [4.78, 5) is 0. The first kappa shape index (κ1) is 11.7. The Kier molecular flexibility index (Phi) is 6.59. The van der Waals surface area contributed by atoms with Crippen LogP contribution in [0.3, 0.4) is 0 Å². The summed E-state index contributed by atoms with van der Waals surface area (Å²) in [7, 11) is 6.27. The van der Waals surface area contributed by atoms with Gasteiger partial charge in [0.05, 0.1) is 34.9 Å². The van der Waals surface area contributed by atoms with Crippen LogP contribution in [0.4, 0.5) is 0 Å². The molecule has 0 heterocycles. The molecule has 0 aromatic rings. The molecule has 0 saturated heterocycles. The van der Waals surface area contributed by atoms with Crippen molar-refractivity contribution in [1.82, 2.24) is 0 Å². The van der Waals surface area contributed by atoms with E-state index in [9.17, 15) is 0 Å². The summed E-state index contributed by atoms with van der Waals surface area (Å²) >= 11 is 0. The maximum absolute atomic E-state index is 5.03. The number of methoxy groups -OCH3 is 4. The maximum atomic E-state index is 5.03. The van der Waals surface area contributed by atoms with E-state index in [0.717, 1.165) is 0 Å². The van der Waals surface area contributed by atoms with Gasteiger partial charge in [0.15, 0.2) is 0 Å². The Bertz CT molecular complexity index is 164. The van der Waals surface area contributed by atoms with Crippen LogP contribution in [-0.4, -0.2) is 28.4 Å². The van der Waals surface area contributed by atoms with Crippen LogP contribution in [0.2, 0.25) is 0 Å². The zero-order chi connectivity index (χ0) is 10.1. The number of rotatable bonds is 6. The minimum Gasteiger partial charge on any atom is -0.501 e. The highest BCUT2D eigenvalue weighted by Crippen LogP contribution is 2.11. The zero-order valence-electron chi connectivity index (χ0n) is 8.49. The lowest BCUT2D eigenvalue weighted by Crippen LogP contribution is -1.94. The Labute approximate surface area is 78.7 Å². The molecule has 0 atom stereocenters. The summed E-state index contributed by atoms with van der Waals surface area (Å²) in [5.41, 5.74) is 0. The van der Waals surface area contributed by atoms with Gasteiger partial charge in [-0.05, 0) is 0 Å². The molecule has 0 aromatic carbocycles. The molecule has 0 fully saturated rings. The molecular formula is C9H16O4. The van der Waals surface area contributed by atoms with Crippen LogP contribution in [0, 0.1) is 0 Å². The topological polar surface area (TPSA) is 36.9 Å². The summed E-state index contributed by atoms with van der Waals surface area (Å²) in [5, 5.41) is 0. The minimum atomic E-state index is 0.509. The average molecular weight is 188 g/mol. The second kappa shape index (κ2) is 7.34. The Morgan fingerprint density at radius 2 is 1.23 bits per heavy atom. The predicted octanol–water partition coefficient (Wildman–Crippen LogP) is 1.64. The van der Waals surface area contributed by atoms with Gasteiger partial charge in [-0.3, -0.25) is 0 Å². The smallest absolute Gasteiger partial charge is 0.137 e. The van der Waals surface area contributed by atoms with Crippen LogP contribution in [-0.2, 0) is 18.9 Å². The molecule has 0 aliphatic heterocycles. The van der Waals surface area contributed by atoms with Gasteiger partial charge in [-0.1, -0.05) is 0 Å². The summed E-state index contributed by atoms with van der Waals surface area (Å²) in [6.07, 6.45) is 3.54. The van der Waals surface area contributed by atoms with Crippen molar-refractivity contribution in [2.45, 2.75) is 6.42 Å². The van der Waals surface area contributed by atoms with Crippen LogP contribution in [0.5, 0.6) is 0 Å². The van der Waals surface area contributed by atoms with E-state index in [1.54, 1.807) is 28.4 Å². The van der Waals surface area contributed by atoms with Crippen molar-refractivity contribution >= 4 is 0 Å². The van der Waals surface area contributed by atoms with E-state index in [2.05, 4.69) is 0 Å². The van der Waals surface area contributed by atoms with Crippen molar-refractivity contribution < 1.29 is 18.9 Å². The van der Waals surface area contributed by atoms with E-state index in [1.165, 1.54) is 12.5 Å². The third-order valence-electron chi connectivity index (χ3n) is 1.37. The van der Waals surface area contributed by atoms with Crippen LogP contribution < -0.4 is 0 Å². The summed E-state index contributed by atoms with van der Waals surface area (Å²) in [6.45, 7) is 0. The predicted molar refractivity (Wildman–Crippen MR) is 48.8 cm³/mol. The van der Waals surface area contributed by atoms with Gasteiger partial charge in [0, 0.05) is 0 Å². The summed E-state index contributed by atoms with van der Waals surface area (Å²) in [6, 6.07) is 0. The molecule has 0 amide bonds. The fourth-order valence-corrected chi connectivity index (χ4v) is 0.759. The van der Waals surface area contributed by atoms with Crippen LogP contribution in [0.15, 0.2) is 24.0 Å². The van der Waals surface area contributed by atoms with Crippen molar-refractivity contribution in [2.24, 2.45) is 0 Å². The molecule has 13 heavy (non-hydrogen) atoms. The quantitative estimate of drug-likeness (QED) is 0.594. The van der Waals surface area contributed by atoms with E-state index in [0.29, 0.717) is 17.9 Å². The number of hydrogen-bond donors (Lipinski definition) is 0. The Balaban J connectivity index is 4.19. The second-order valence-electron chi connectivity index (χ2n) is 2.22. The third kappa shape index (κ3) is 5.00. The normalized spacial score (nSPS) is 12.3. The fraction of sp³-hybridized carbons (Fsp3) is 0.556. The molecule has 0 aliphatic rings. The first-order chi connectivity index (χ1) is 6.28. The van der Waals surface area contributed by atoms with Gasteiger partial charge in [-0.15, -0.1) is 0 Å². The maximum Gasteiger partial charge on any atom is 0.137 e. The van der Waals surface area contributed by atoms with E-state index in [1.807, 2.05) is 0 Å². The van der Waals surface area contributed by atoms with E-state index in [4.69, 9.17) is 18.9 Å². The Morgan fingerprint density at radius 3 is 1.46 bits per heavy atom. The molecule has 0 saturated carbocycles. The van der Waals surface area contributed by atoms with E-state index in [-0.39, 0.29) is 0 Å². The monoisotopic (exact) mass is 188 g/mol. The van der Waals surface area contributed by atoms with Crippen LogP contribution in [0.1, 0.15) is 6.42 Å². The molecule has 4 nitrogen and oxygen atoms in total. The Hall–Kier alpha value is -1.32. The lowest BCUT2D eigenvalue weighted by atomic mass is 10.3. The molecule has 0 bridgehead atoms. The lowest BCUT2D eigenvalue weighted by Gasteiger charge is -2.08. The van der Waals surface area contributed by atoms with E-state index >= 15 is 0 Å². The standard InChI is InChI=1S/C9H16O4/c1-10-6-8(12-3)5-9(13-4)7-11-2/h6-7H,5H2,1-4H3. The molecule has 0 unspecified atom stereocenters. The largest absolute Gasteiger partial charge is 0.501 e. The van der Waals surface area contributed by atoms with Crippen molar-refractivity contribution in [3.8, 4) is 0 Å². The SMILES string of the molecule is COC=C(CC(=COC)OC)OC. The van der Waals surface area contributed by atoms with Crippen LogP contribution >= 0.6 is 0 Å². The van der Waals surface area contributed by atoms with Gasteiger partial charge in [0.2, 0.25) is 0 Å². The molecule has 0 aromatic heterocycles. The molecule has 0 radical (unpaired) electrons. The lowest BCUT2D eigenvalue weighted by molar-refractivity contribution is 0.204. The molecule has 0 spiro atoms. The number of ether oxygens (including phenoxy) is 4. The van der Waals surface area contributed by atoms with Gasteiger partial charge < -0.3 is 18.9 Å². The number of hydrogen-bond acceptors (Lipinski definition) is 4. The van der Waals surface area contributed by atoms with Crippen molar-refractivity contribution in [1.29, 1.82) is 0 Å². The van der Waals surface area contributed by atoms with Crippen molar-refractivity contribution in [3.05, 3.63) is 24.0 Å². The minimum absolute atomic E-state index is 0.509. The van der Waals surface area contributed by atoms with Crippen LogP contribution in [0.25, 0.3) is 0 Å². The fourth-order valence-electron chi connectivity index (χ4n) is 0.759. The van der Waals surface area contributed by atoms with Gasteiger partial charge in [0.1, 0.15) is 24.0 Å².